The van der Waals surface area contributed by atoms with Crippen molar-refractivity contribution in [1.29, 1.82) is 0 Å². The molecule has 14 heteroatoms. The highest BCUT2D eigenvalue weighted by Gasteiger charge is 2.37. The first-order chi connectivity index (χ1) is 22.2. The Kier molecular flexibility index (Phi) is 11.8. The smallest absolute Gasteiger partial charge is 0.355 e. The van der Waals surface area contributed by atoms with E-state index < -0.39 is 56.9 Å². The van der Waals surface area contributed by atoms with Gasteiger partial charge in [0, 0.05) is 19.5 Å². The molecule has 4 aromatic rings. The number of amides is 2. The van der Waals surface area contributed by atoms with Crippen molar-refractivity contribution in [2.75, 3.05) is 17.4 Å². The number of nitrogens with zero attached hydrogens (tertiary/aromatic N) is 2. The van der Waals surface area contributed by atoms with Gasteiger partial charge in [0.1, 0.15) is 12.6 Å². The van der Waals surface area contributed by atoms with Crippen LogP contribution in [0.4, 0.5) is 18.9 Å². The van der Waals surface area contributed by atoms with Crippen LogP contribution in [0.2, 0.25) is 15.1 Å². The molecule has 0 aliphatic carbocycles. The monoisotopic (exact) mass is 725 g/mol. The molecule has 0 heterocycles. The topological polar surface area (TPSA) is 86.8 Å². The number of sulfonamides is 1. The maximum atomic E-state index is 14.4. The summed E-state index contributed by atoms with van der Waals surface area (Å²) in [4.78, 5) is 28.8. The van der Waals surface area contributed by atoms with Gasteiger partial charge in [-0.25, -0.2) is 8.42 Å². The molecule has 0 spiro atoms. The second-order valence-electron chi connectivity index (χ2n) is 10.4. The van der Waals surface area contributed by atoms with E-state index in [1.54, 1.807) is 49.4 Å². The van der Waals surface area contributed by atoms with Crippen LogP contribution in [0.3, 0.4) is 0 Å². The molecule has 0 saturated carbocycles. The van der Waals surface area contributed by atoms with Crippen LogP contribution in [-0.4, -0.2) is 44.3 Å². The van der Waals surface area contributed by atoms with Gasteiger partial charge in [-0.05, 0) is 60.5 Å². The van der Waals surface area contributed by atoms with E-state index >= 15 is 0 Å². The molecule has 7 nitrogen and oxygen atoms in total. The molecule has 2 amide bonds. The average Bonchev–Trinajstić information content (AvgIpc) is 3.04. The lowest BCUT2D eigenvalue weighted by Gasteiger charge is -2.34. The average molecular weight is 727 g/mol. The van der Waals surface area contributed by atoms with E-state index in [9.17, 15) is 31.2 Å². The number of benzene rings is 4. The molecule has 4 aromatic carbocycles. The highest BCUT2D eigenvalue weighted by atomic mass is 35.5. The SMILES string of the molecule is CCNC(=O)[C@@H](Cc1ccccc1)N(Cc1ccc(Cl)c(Cl)c1)C(=O)CN(c1ccc(Cl)c(C(F)(F)F)c1)S(=O)(=O)c1ccccc1. The van der Waals surface area contributed by atoms with Gasteiger partial charge in [0.2, 0.25) is 11.8 Å². The minimum Gasteiger partial charge on any atom is -0.355 e. The number of nitrogens with one attached hydrogen (secondary N) is 1. The maximum absolute atomic E-state index is 14.4. The summed E-state index contributed by atoms with van der Waals surface area (Å²) in [7, 11) is -4.62. The highest BCUT2D eigenvalue weighted by molar-refractivity contribution is 7.92. The standard InChI is InChI=1S/C33H29Cl3F3N3O4S/c1-2-40-32(44)30(18-22-9-5-3-6-10-22)41(20-23-13-15-28(35)29(36)17-23)31(43)21-42(47(45,46)25-11-7-4-8-12-25)24-14-16-27(34)26(19-24)33(37,38)39/h3-17,19,30H,2,18,20-21H2,1H3,(H,40,44)/t30-/m1/s1. The van der Waals surface area contributed by atoms with Gasteiger partial charge in [0.25, 0.3) is 10.0 Å². The van der Waals surface area contributed by atoms with Crippen LogP contribution in [0.15, 0.2) is 102 Å². The fourth-order valence-corrected chi connectivity index (χ4v) is 6.79. The molecule has 0 unspecified atom stereocenters. The zero-order chi connectivity index (χ0) is 34.4. The number of hydrogen-bond donors (Lipinski definition) is 1. The molecule has 1 atom stereocenters. The van der Waals surface area contributed by atoms with Gasteiger partial charge in [0.05, 0.1) is 31.2 Å². The summed E-state index contributed by atoms with van der Waals surface area (Å²) in [6, 6.07) is 21.9. The second-order valence-corrected chi connectivity index (χ2v) is 13.4. The van der Waals surface area contributed by atoms with E-state index in [0.717, 1.165) is 12.1 Å². The fourth-order valence-electron chi connectivity index (χ4n) is 4.81. The maximum Gasteiger partial charge on any atom is 0.417 e. The molecule has 4 rings (SSSR count). The largest absolute Gasteiger partial charge is 0.417 e. The molecular weight excluding hydrogens is 698 g/mol. The zero-order valence-corrected chi connectivity index (χ0v) is 27.9. The predicted molar refractivity (Wildman–Crippen MR) is 177 cm³/mol. The van der Waals surface area contributed by atoms with Crippen LogP contribution >= 0.6 is 34.8 Å². The van der Waals surface area contributed by atoms with Gasteiger partial charge in [0.15, 0.2) is 0 Å². The Morgan fingerprint density at radius 3 is 2.02 bits per heavy atom. The molecule has 0 fully saturated rings. The quantitative estimate of drug-likeness (QED) is 0.163. The van der Waals surface area contributed by atoms with Gasteiger partial charge in [-0.1, -0.05) is 89.4 Å². The van der Waals surface area contributed by atoms with Crippen molar-refractivity contribution in [2.24, 2.45) is 0 Å². The lowest BCUT2D eigenvalue weighted by Crippen LogP contribution is -2.53. The van der Waals surface area contributed by atoms with Gasteiger partial charge in [-0.3, -0.25) is 13.9 Å². The number of halogens is 6. The predicted octanol–water partition coefficient (Wildman–Crippen LogP) is 7.64. The third-order valence-electron chi connectivity index (χ3n) is 7.11. The van der Waals surface area contributed by atoms with Gasteiger partial charge >= 0.3 is 6.18 Å². The Bertz CT molecular complexity index is 1830. The third-order valence-corrected chi connectivity index (χ3v) is 9.97. The summed E-state index contributed by atoms with van der Waals surface area (Å²) in [5.74, 6) is -1.39. The van der Waals surface area contributed by atoms with E-state index in [1.807, 2.05) is 0 Å². The summed E-state index contributed by atoms with van der Waals surface area (Å²) in [6.07, 6.45) is -4.87. The number of rotatable bonds is 12. The first-order valence-corrected chi connectivity index (χ1v) is 16.8. The Morgan fingerprint density at radius 1 is 0.809 bits per heavy atom. The van der Waals surface area contributed by atoms with Crippen LogP contribution in [0, 0.1) is 0 Å². The van der Waals surface area contributed by atoms with E-state index in [2.05, 4.69) is 5.32 Å². The van der Waals surface area contributed by atoms with E-state index in [1.165, 1.54) is 41.3 Å². The summed E-state index contributed by atoms with van der Waals surface area (Å²) in [6.45, 7) is 0.772. The number of carbonyl (C=O) groups is 2. The number of alkyl halides is 3. The molecule has 248 valence electrons. The molecule has 0 aliphatic heterocycles. The normalized spacial score (nSPS) is 12.3. The molecular formula is C33H29Cl3F3N3O4S. The fraction of sp³-hybridized carbons (Fsp3) is 0.212. The molecule has 0 aliphatic rings. The van der Waals surface area contributed by atoms with Crippen molar-refractivity contribution in [3.63, 3.8) is 0 Å². The molecule has 0 aromatic heterocycles. The number of likely N-dealkylation sites (N-methyl/N-ethyl adjacent to an activating group) is 1. The van der Waals surface area contributed by atoms with Gasteiger partial charge in [-0.2, -0.15) is 13.2 Å². The highest BCUT2D eigenvalue weighted by Crippen LogP contribution is 2.38. The van der Waals surface area contributed by atoms with Crippen LogP contribution in [-0.2, 0) is 38.8 Å². The first-order valence-electron chi connectivity index (χ1n) is 14.2. The molecule has 1 N–H and O–H groups in total. The first kappa shape index (κ1) is 36.1. The van der Waals surface area contributed by atoms with E-state index in [-0.39, 0.29) is 34.5 Å². The van der Waals surface area contributed by atoms with E-state index in [0.29, 0.717) is 21.5 Å². The number of anilines is 1. The van der Waals surface area contributed by atoms with Crippen molar-refractivity contribution in [2.45, 2.75) is 37.0 Å². The van der Waals surface area contributed by atoms with Crippen molar-refractivity contribution < 1.29 is 31.2 Å². The lowest BCUT2D eigenvalue weighted by molar-refractivity contribution is -0.140. The van der Waals surface area contributed by atoms with Gasteiger partial charge in [-0.15, -0.1) is 0 Å². The Balaban J connectivity index is 1.86. The summed E-state index contributed by atoms with van der Waals surface area (Å²) in [5, 5.41) is 2.51. The molecule has 47 heavy (non-hydrogen) atoms. The summed E-state index contributed by atoms with van der Waals surface area (Å²) in [5.41, 5.74) is -0.559. The number of carbonyl (C=O) groups excluding carboxylic acids is 2. The van der Waals surface area contributed by atoms with Crippen LogP contribution < -0.4 is 9.62 Å². The van der Waals surface area contributed by atoms with Crippen LogP contribution in [0.5, 0.6) is 0 Å². The molecule has 0 bridgehead atoms. The number of hydrogen-bond acceptors (Lipinski definition) is 4. The lowest BCUT2D eigenvalue weighted by atomic mass is 10.0. The van der Waals surface area contributed by atoms with Crippen molar-refractivity contribution in [3.8, 4) is 0 Å². The summed E-state index contributed by atoms with van der Waals surface area (Å²) < 4.78 is 70.2. The van der Waals surface area contributed by atoms with Crippen LogP contribution in [0.1, 0.15) is 23.6 Å². The zero-order valence-electron chi connectivity index (χ0n) is 24.8. The minimum atomic E-state index is -4.92. The van der Waals surface area contributed by atoms with E-state index in [4.69, 9.17) is 34.8 Å². The van der Waals surface area contributed by atoms with Crippen molar-refractivity contribution in [3.05, 3.63) is 129 Å². The Labute approximate surface area is 285 Å². The van der Waals surface area contributed by atoms with Gasteiger partial charge < -0.3 is 10.2 Å². The minimum absolute atomic E-state index is 0.0460. The molecule has 0 saturated heterocycles. The molecule has 0 radical (unpaired) electrons. The second kappa shape index (κ2) is 15.4. The van der Waals surface area contributed by atoms with Crippen LogP contribution in [0.25, 0.3) is 0 Å². The Hall–Kier alpha value is -3.77. The Morgan fingerprint density at radius 2 is 1.43 bits per heavy atom. The third kappa shape index (κ3) is 8.98. The summed E-state index contributed by atoms with van der Waals surface area (Å²) >= 11 is 18.2. The van der Waals surface area contributed by atoms with Crippen molar-refractivity contribution in [1.82, 2.24) is 10.2 Å². The van der Waals surface area contributed by atoms with Crippen molar-refractivity contribution >= 4 is 62.3 Å².